The van der Waals surface area contributed by atoms with Gasteiger partial charge in [-0.1, -0.05) is 0 Å². The smallest absolute Gasteiger partial charge is 0.410 e. The molecule has 0 spiro atoms. The molecule has 1 amide bonds. The maximum atomic E-state index is 12.2. The Balaban J connectivity index is 2.07. The number of methoxy groups -OCH3 is 1. The van der Waals surface area contributed by atoms with E-state index in [-0.39, 0.29) is 23.6 Å². The van der Waals surface area contributed by atoms with Crippen molar-refractivity contribution in [1.82, 2.24) is 14.9 Å². The molecule has 9 heteroatoms. The minimum atomic E-state index is -1.13. The molecule has 1 N–H and O–H groups in total. The van der Waals surface area contributed by atoms with E-state index in [1.165, 1.54) is 13.3 Å². The highest BCUT2D eigenvalue weighted by molar-refractivity contribution is 5.89. The van der Waals surface area contributed by atoms with E-state index >= 15 is 0 Å². The lowest BCUT2D eigenvalue weighted by Gasteiger charge is -2.38. The molecule has 0 aromatic carbocycles. The van der Waals surface area contributed by atoms with Gasteiger partial charge in [-0.3, -0.25) is 0 Å². The van der Waals surface area contributed by atoms with E-state index in [9.17, 15) is 14.7 Å². The highest BCUT2D eigenvalue weighted by Crippen LogP contribution is 2.24. The van der Waals surface area contributed by atoms with E-state index in [0.29, 0.717) is 25.6 Å². The Hall–Kier alpha value is -2.58. The summed E-state index contributed by atoms with van der Waals surface area (Å²) in [6.07, 6.45) is 2.47. The van der Waals surface area contributed by atoms with Crippen LogP contribution in [-0.2, 0) is 4.74 Å². The zero-order valence-corrected chi connectivity index (χ0v) is 16.6. The summed E-state index contributed by atoms with van der Waals surface area (Å²) < 4.78 is 10.5. The van der Waals surface area contributed by atoms with Crippen molar-refractivity contribution < 1.29 is 24.2 Å². The van der Waals surface area contributed by atoms with E-state index in [1.807, 2.05) is 32.6 Å². The lowest BCUT2D eigenvalue weighted by Crippen LogP contribution is -2.48. The number of carboxylic acid groups (broad SMARTS) is 1. The molecule has 27 heavy (non-hydrogen) atoms. The van der Waals surface area contributed by atoms with Crippen LogP contribution in [0.2, 0.25) is 0 Å². The third kappa shape index (κ3) is 5.21. The van der Waals surface area contributed by atoms with Crippen LogP contribution >= 0.6 is 0 Å². The topological polar surface area (TPSA) is 105 Å². The number of carbonyl (C=O) groups is 2. The van der Waals surface area contributed by atoms with Gasteiger partial charge in [-0.25, -0.2) is 14.6 Å². The molecule has 0 atom stereocenters. The van der Waals surface area contributed by atoms with Crippen LogP contribution in [0.3, 0.4) is 0 Å². The molecule has 0 radical (unpaired) electrons. The van der Waals surface area contributed by atoms with Crippen molar-refractivity contribution in [2.75, 3.05) is 31.6 Å². The standard InChI is InChI=1S/C18H28N4O5/c1-6-22(16-19-11-13(15(23)24)14(20-16)26-5)12-7-9-21(10-8-12)17(25)27-18(2,3)4/h11-12H,6-10H2,1-5H3,(H,23,24). The number of carboxylic acids is 1. The van der Waals surface area contributed by atoms with Crippen molar-refractivity contribution in [1.29, 1.82) is 0 Å². The fourth-order valence-corrected chi connectivity index (χ4v) is 3.05. The second-order valence-electron chi connectivity index (χ2n) is 7.38. The molecule has 2 heterocycles. The van der Waals surface area contributed by atoms with Crippen molar-refractivity contribution in [3.8, 4) is 5.88 Å². The third-order valence-electron chi connectivity index (χ3n) is 4.32. The molecule has 150 valence electrons. The van der Waals surface area contributed by atoms with Crippen LogP contribution in [0.25, 0.3) is 0 Å². The number of ether oxygens (including phenoxy) is 2. The van der Waals surface area contributed by atoms with Gasteiger partial charge in [-0.2, -0.15) is 4.98 Å². The number of aromatic nitrogens is 2. The van der Waals surface area contributed by atoms with Crippen molar-refractivity contribution in [2.45, 2.75) is 52.2 Å². The predicted octanol–water partition coefficient (Wildman–Crippen LogP) is 2.41. The zero-order chi connectivity index (χ0) is 20.2. The number of hydrogen-bond acceptors (Lipinski definition) is 7. The Kier molecular flexibility index (Phi) is 6.45. The van der Waals surface area contributed by atoms with Crippen molar-refractivity contribution in [3.63, 3.8) is 0 Å². The van der Waals surface area contributed by atoms with Crippen LogP contribution < -0.4 is 9.64 Å². The first-order valence-corrected chi connectivity index (χ1v) is 9.05. The molecule has 0 aliphatic carbocycles. The summed E-state index contributed by atoms with van der Waals surface area (Å²) in [6, 6.07) is 0.147. The van der Waals surface area contributed by atoms with E-state index in [4.69, 9.17) is 9.47 Å². The molecule has 2 rings (SSSR count). The zero-order valence-electron chi connectivity index (χ0n) is 16.6. The van der Waals surface area contributed by atoms with E-state index < -0.39 is 11.6 Å². The highest BCUT2D eigenvalue weighted by atomic mass is 16.6. The average molecular weight is 380 g/mol. The number of aromatic carboxylic acids is 1. The van der Waals surface area contributed by atoms with Gasteiger partial charge in [-0.05, 0) is 40.5 Å². The lowest BCUT2D eigenvalue weighted by molar-refractivity contribution is 0.0204. The van der Waals surface area contributed by atoms with Gasteiger partial charge in [-0.15, -0.1) is 0 Å². The fourth-order valence-electron chi connectivity index (χ4n) is 3.05. The number of rotatable bonds is 5. The molecule has 1 aromatic heterocycles. The van der Waals surface area contributed by atoms with Gasteiger partial charge in [0.2, 0.25) is 11.8 Å². The minimum absolute atomic E-state index is 0.0390. The summed E-state index contributed by atoms with van der Waals surface area (Å²) in [6.45, 7) is 9.36. The Morgan fingerprint density at radius 1 is 1.33 bits per heavy atom. The van der Waals surface area contributed by atoms with Crippen molar-refractivity contribution in [2.24, 2.45) is 0 Å². The van der Waals surface area contributed by atoms with Crippen LogP contribution in [0.1, 0.15) is 50.9 Å². The Morgan fingerprint density at radius 3 is 2.44 bits per heavy atom. The quantitative estimate of drug-likeness (QED) is 0.830. The number of nitrogens with zero attached hydrogens (tertiary/aromatic N) is 4. The molecule has 1 aliphatic heterocycles. The molecular weight excluding hydrogens is 352 g/mol. The Bertz CT molecular complexity index is 681. The summed E-state index contributed by atoms with van der Waals surface area (Å²) in [4.78, 5) is 35.6. The molecular formula is C18H28N4O5. The maximum absolute atomic E-state index is 12.2. The monoisotopic (exact) mass is 380 g/mol. The first-order valence-electron chi connectivity index (χ1n) is 9.05. The number of piperidine rings is 1. The number of likely N-dealkylation sites (tertiary alicyclic amines) is 1. The average Bonchev–Trinajstić information content (AvgIpc) is 2.61. The SMILES string of the molecule is CCN(c1ncc(C(=O)O)c(OC)n1)C1CCN(C(=O)OC(C)(C)C)CC1. The van der Waals surface area contributed by atoms with E-state index in [0.717, 1.165) is 12.8 Å². The van der Waals surface area contributed by atoms with Crippen LogP contribution in [0, 0.1) is 0 Å². The predicted molar refractivity (Wildman–Crippen MR) is 99.4 cm³/mol. The van der Waals surface area contributed by atoms with Gasteiger partial charge in [0.1, 0.15) is 11.2 Å². The second-order valence-corrected chi connectivity index (χ2v) is 7.38. The van der Waals surface area contributed by atoms with Crippen LogP contribution in [0.15, 0.2) is 6.20 Å². The normalized spacial score (nSPS) is 15.4. The van der Waals surface area contributed by atoms with Gasteiger partial charge < -0.3 is 24.4 Å². The Labute approximate surface area is 159 Å². The fraction of sp³-hybridized carbons (Fsp3) is 0.667. The molecule has 0 saturated carbocycles. The first-order chi connectivity index (χ1) is 12.7. The largest absolute Gasteiger partial charge is 0.480 e. The molecule has 0 bridgehead atoms. The van der Waals surface area contributed by atoms with Gasteiger partial charge in [0.05, 0.1) is 13.3 Å². The van der Waals surface area contributed by atoms with E-state index in [1.54, 1.807) is 4.90 Å². The summed E-state index contributed by atoms with van der Waals surface area (Å²) >= 11 is 0. The number of anilines is 1. The minimum Gasteiger partial charge on any atom is -0.480 e. The van der Waals surface area contributed by atoms with Crippen molar-refractivity contribution in [3.05, 3.63) is 11.8 Å². The third-order valence-corrected chi connectivity index (χ3v) is 4.32. The van der Waals surface area contributed by atoms with Crippen LogP contribution in [-0.4, -0.2) is 70.4 Å². The van der Waals surface area contributed by atoms with Gasteiger partial charge in [0.15, 0.2) is 0 Å². The summed E-state index contributed by atoms with van der Waals surface area (Å²) in [5.41, 5.74) is -0.586. The number of amides is 1. The van der Waals surface area contributed by atoms with Gasteiger partial charge in [0, 0.05) is 25.7 Å². The molecule has 9 nitrogen and oxygen atoms in total. The molecule has 1 aromatic rings. The number of carbonyl (C=O) groups excluding carboxylic acids is 1. The molecule has 1 saturated heterocycles. The van der Waals surface area contributed by atoms with Crippen LogP contribution in [0.4, 0.5) is 10.7 Å². The molecule has 1 aliphatic rings. The lowest BCUT2D eigenvalue weighted by atomic mass is 10.0. The summed E-state index contributed by atoms with van der Waals surface area (Å²) in [5.74, 6) is -0.667. The molecule has 0 unspecified atom stereocenters. The molecule has 1 fully saturated rings. The summed E-state index contributed by atoms with van der Waals surface area (Å²) in [7, 11) is 1.38. The first kappa shape index (κ1) is 20.7. The number of hydrogen-bond donors (Lipinski definition) is 1. The van der Waals surface area contributed by atoms with Crippen molar-refractivity contribution >= 4 is 18.0 Å². The maximum Gasteiger partial charge on any atom is 0.410 e. The Morgan fingerprint density at radius 2 is 1.96 bits per heavy atom. The summed E-state index contributed by atoms with van der Waals surface area (Å²) in [5, 5.41) is 9.17. The van der Waals surface area contributed by atoms with Gasteiger partial charge >= 0.3 is 12.1 Å². The second kappa shape index (κ2) is 8.41. The van der Waals surface area contributed by atoms with Gasteiger partial charge in [0.25, 0.3) is 0 Å². The highest BCUT2D eigenvalue weighted by Gasteiger charge is 2.30. The van der Waals surface area contributed by atoms with E-state index in [2.05, 4.69) is 9.97 Å². The van der Waals surface area contributed by atoms with Crippen LogP contribution in [0.5, 0.6) is 5.88 Å².